The van der Waals surface area contributed by atoms with E-state index in [1.54, 1.807) is 20.2 Å². The fraction of sp³-hybridized carbons (Fsp3) is 0.409. The lowest BCUT2D eigenvalue weighted by atomic mass is 9.84. The van der Waals surface area contributed by atoms with E-state index in [-0.39, 0.29) is 23.2 Å². The molecule has 1 aliphatic rings. The number of carbonyl (C=O) groups is 1. The van der Waals surface area contributed by atoms with Gasteiger partial charge in [-0.05, 0) is 55.9 Å². The molecule has 7 heteroatoms. The molecule has 156 valence electrons. The Bertz CT molecular complexity index is 855. The number of hydrogen-bond acceptors (Lipinski definition) is 3. The van der Waals surface area contributed by atoms with Crippen LogP contribution in [0.15, 0.2) is 58.9 Å². The van der Waals surface area contributed by atoms with Gasteiger partial charge in [-0.2, -0.15) is 5.11 Å². The summed E-state index contributed by atoms with van der Waals surface area (Å²) in [6.45, 7) is 11.9. The van der Waals surface area contributed by atoms with E-state index in [1.807, 2.05) is 13.8 Å². The van der Waals surface area contributed by atoms with Crippen molar-refractivity contribution < 1.29 is 13.6 Å². The van der Waals surface area contributed by atoms with E-state index in [0.29, 0.717) is 24.1 Å². The highest BCUT2D eigenvalue weighted by atomic mass is 19.1. The highest BCUT2D eigenvalue weighted by Gasteiger charge is 2.32. The first-order valence-corrected chi connectivity index (χ1v) is 9.54. The maximum atomic E-state index is 14.4. The molecule has 0 saturated carbocycles. The number of rotatable bonds is 3. The zero-order chi connectivity index (χ0) is 21.8. The fourth-order valence-corrected chi connectivity index (χ4v) is 3.15. The molecule has 2 amide bonds. The van der Waals surface area contributed by atoms with Crippen LogP contribution in [0.3, 0.4) is 0 Å². The van der Waals surface area contributed by atoms with Crippen molar-refractivity contribution in [2.24, 2.45) is 16.1 Å². The molecule has 1 aliphatic heterocycles. The summed E-state index contributed by atoms with van der Waals surface area (Å²) in [6.07, 6.45) is 3.62. The Balaban J connectivity index is 2.55. The molecular formula is C22H28F2N4O. The second-order valence-electron chi connectivity index (χ2n) is 7.65. The van der Waals surface area contributed by atoms with Gasteiger partial charge in [-0.1, -0.05) is 26.1 Å². The van der Waals surface area contributed by atoms with Gasteiger partial charge >= 0.3 is 6.03 Å². The molecule has 0 spiro atoms. The number of benzene rings is 1. The predicted octanol–water partition coefficient (Wildman–Crippen LogP) is 5.68. The van der Waals surface area contributed by atoms with Crippen LogP contribution >= 0.6 is 0 Å². The second-order valence-corrected chi connectivity index (χ2v) is 7.65. The maximum Gasteiger partial charge on any atom is 0.317 e. The normalized spacial score (nSPS) is 24.6. The minimum absolute atomic E-state index is 0.0355. The number of amides is 2. The van der Waals surface area contributed by atoms with Gasteiger partial charge in [-0.25, -0.2) is 13.6 Å². The van der Waals surface area contributed by atoms with E-state index < -0.39 is 17.2 Å². The summed E-state index contributed by atoms with van der Waals surface area (Å²) < 4.78 is 28.7. The lowest BCUT2D eigenvalue weighted by molar-refractivity contribution is 0.204. The number of allylic oxidation sites excluding steroid dienone is 2. The summed E-state index contributed by atoms with van der Waals surface area (Å²) in [5.41, 5.74) is -0.0851. The lowest BCUT2D eigenvalue weighted by Crippen LogP contribution is -2.50. The van der Waals surface area contributed by atoms with Gasteiger partial charge in [0.15, 0.2) is 0 Å². The number of carbonyl (C=O) groups excluding carboxylic acids is 1. The van der Waals surface area contributed by atoms with Crippen molar-refractivity contribution in [3.63, 3.8) is 0 Å². The van der Waals surface area contributed by atoms with Crippen LogP contribution < -0.4 is 5.32 Å². The molecule has 1 aromatic rings. The summed E-state index contributed by atoms with van der Waals surface area (Å²) in [6, 6.07) is 3.35. The number of urea groups is 1. The zero-order valence-electron chi connectivity index (χ0n) is 17.4. The summed E-state index contributed by atoms with van der Waals surface area (Å²) in [4.78, 5) is 13.7. The molecule has 1 heterocycles. The van der Waals surface area contributed by atoms with E-state index in [9.17, 15) is 13.6 Å². The standard InChI is InChI=1S/C22H28F2N4O/c1-7-16-11-12-22(4,25-21(29)28(5)6)15(3)26-27-19(13-14(16)2)20-17(23)9-8-10-18(20)24/h8-10,13,16H,2-3,7,11-12H2,1,4-6H3,(H,25,29)/b19-13-,27-26?/t16-,22-/m0/s1. The Hall–Kier alpha value is -2.83. The monoisotopic (exact) mass is 402 g/mol. The van der Waals surface area contributed by atoms with Crippen LogP contribution in [0.4, 0.5) is 13.6 Å². The minimum atomic E-state index is -0.866. The summed E-state index contributed by atoms with van der Waals surface area (Å²) in [7, 11) is 3.28. The van der Waals surface area contributed by atoms with Crippen LogP contribution in [0.5, 0.6) is 0 Å². The fourth-order valence-electron chi connectivity index (χ4n) is 3.15. The molecular weight excluding hydrogens is 374 g/mol. The molecule has 0 radical (unpaired) electrons. The van der Waals surface area contributed by atoms with E-state index in [1.165, 1.54) is 23.1 Å². The van der Waals surface area contributed by atoms with Gasteiger partial charge in [-0.3, -0.25) is 0 Å². The molecule has 0 aromatic heterocycles. The van der Waals surface area contributed by atoms with Crippen LogP contribution in [-0.4, -0.2) is 30.6 Å². The van der Waals surface area contributed by atoms with Crippen LogP contribution in [-0.2, 0) is 0 Å². The van der Waals surface area contributed by atoms with Crippen LogP contribution in [0.2, 0.25) is 0 Å². The SMILES string of the molecule is C=C1/C=C(/c2c(F)cccc2F)N=NC(=C)[C@@](C)(NC(=O)N(C)C)CC[C@@H]1CC. The average Bonchev–Trinajstić information content (AvgIpc) is 2.65. The van der Waals surface area contributed by atoms with Crippen molar-refractivity contribution in [1.82, 2.24) is 10.2 Å². The Kier molecular flexibility index (Phi) is 7.06. The second kappa shape index (κ2) is 9.11. The number of halogens is 2. The third-order valence-electron chi connectivity index (χ3n) is 5.26. The molecule has 1 aromatic carbocycles. The van der Waals surface area contributed by atoms with Crippen molar-refractivity contribution in [2.45, 2.75) is 38.6 Å². The molecule has 0 saturated heterocycles. The quantitative estimate of drug-likeness (QED) is 0.695. The van der Waals surface area contributed by atoms with Gasteiger partial charge in [-0.15, -0.1) is 5.11 Å². The van der Waals surface area contributed by atoms with E-state index in [0.717, 1.165) is 6.42 Å². The molecule has 2 atom stereocenters. The third-order valence-corrected chi connectivity index (χ3v) is 5.26. The van der Waals surface area contributed by atoms with Crippen molar-refractivity contribution in [1.29, 1.82) is 0 Å². The zero-order valence-corrected chi connectivity index (χ0v) is 17.4. The van der Waals surface area contributed by atoms with Gasteiger partial charge in [0.1, 0.15) is 11.6 Å². The van der Waals surface area contributed by atoms with Crippen molar-refractivity contribution in [2.75, 3.05) is 14.1 Å². The van der Waals surface area contributed by atoms with Gasteiger partial charge in [0.2, 0.25) is 0 Å². The highest BCUT2D eigenvalue weighted by molar-refractivity contribution is 5.75. The van der Waals surface area contributed by atoms with E-state index in [4.69, 9.17) is 0 Å². The van der Waals surface area contributed by atoms with Gasteiger partial charge in [0.25, 0.3) is 0 Å². The van der Waals surface area contributed by atoms with Gasteiger partial charge < -0.3 is 10.2 Å². The van der Waals surface area contributed by atoms with Crippen molar-refractivity contribution >= 4 is 11.7 Å². The first-order chi connectivity index (χ1) is 13.6. The molecule has 0 aliphatic carbocycles. The van der Waals surface area contributed by atoms with E-state index in [2.05, 4.69) is 28.7 Å². The molecule has 2 rings (SSSR count). The molecule has 0 fully saturated rings. The van der Waals surface area contributed by atoms with Crippen molar-refractivity contribution in [3.05, 3.63) is 65.9 Å². The molecule has 1 N–H and O–H groups in total. The number of nitrogens with zero attached hydrogens (tertiary/aromatic N) is 3. The summed E-state index contributed by atoms with van der Waals surface area (Å²) >= 11 is 0. The van der Waals surface area contributed by atoms with Crippen molar-refractivity contribution in [3.8, 4) is 0 Å². The first-order valence-electron chi connectivity index (χ1n) is 9.54. The number of azo groups is 1. The average molecular weight is 402 g/mol. The third kappa shape index (κ3) is 5.16. The maximum absolute atomic E-state index is 14.4. The first kappa shape index (κ1) is 22.5. The topological polar surface area (TPSA) is 57.1 Å². The smallest absolute Gasteiger partial charge is 0.317 e. The number of hydrogen-bond donors (Lipinski definition) is 1. The summed E-state index contributed by atoms with van der Waals surface area (Å²) in [5, 5.41) is 11.2. The van der Waals surface area contributed by atoms with Crippen LogP contribution in [0, 0.1) is 17.6 Å². The van der Waals surface area contributed by atoms with Gasteiger partial charge in [0, 0.05) is 14.1 Å². The van der Waals surface area contributed by atoms with Crippen LogP contribution in [0.1, 0.15) is 38.7 Å². The Labute approximate surface area is 170 Å². The molecule has 5 nitrogen and oxygen atoms in total. The molecule has 0 bridgehead atoms. The predicted molar refractivity (Wildman–Crippen MR) is 111 cm³/mol. The molecule has 29 heavy (non-hydrogen) atoms. The largest absolute Gasteiger partial charge is 0.331 e. The number of nitrogens with one attached hydrogen (secondary N) is 1. The Morgan fingerprint density at radius 1 is 1.28 bits per heavy atom. The van der Waals surface area contributed by atoms with Gasteiger partial charge in [0.05, 0.1) is 22.5 Å². The Morgan fingerprint density at radius 2 is 1.90 bits per heavy atom. The lowest BCUT2D eigenvalue weighted by Gasteiger charge is -2.33. The van der Waals surface area contributed by atoms with Crippen LogP contribution in [0.25, 0.3) is 5.70 Å². The van der Waals surface area contributed by atoms with E-state index >= 15 is 0 Å². The minimum Gasteiger partial charge on any atom is -0.331 e. The molecule has 0 unspecified atom stereocenters. The Morgan fingerprint density at radius 3 is 2.45 bits per heavy atom. The summed E-state index contributed by atoms with van der Waals surface area (Å²) in [5.74, 6) is -1.42. The highest BCUT2D eigenvalue weighted by Crippen LogP contribution is 2.34.